The van der Waals surface area contributed by atoms with Gasteiger partial charge in [-0.05, 0) is 64.3 Å². The lowest BCUT2D eigenvalue weighted by atomic mass is 10.2. The molecule has 37 heavy (non-hydrogen) atoms. The molecule has 0 aliphatic rings. The van der Waals surface area contributed by atoms with Crippen LogP contribution in [0, 0.1) is 5.82 Å². The highest BCUT2D eigenvalue weighted by atomic mass is 79.9. The average molecular weight is 652 g/mol. The summed E-state index contributed by atoms with van der Waals surface area (Å²) in [6, 6.07) is 13.1. The number of halogens is 4. The van der Waals surface area contributed by atoms with E-state index in [1.165, 1.54) is 30.1 Å². The van der Waals surface area contributed by atoms with Crippen molar-refractivity contribution in [2.75, 3.05) is 7.11 Å². The van der Waals surface area contributed by atoms with Crippen LogP contribution in [0.5, 0.6) is 11.5 Å². The molecule has 0 spiro atoms. The van der Waals surface area contributed by atoms with Crippen LogP contribution in [0.3, 0.4) is 0 Å². The van der Waals surface area contributed by atoms with Gasteiger partial charge in [0.2, 0.25) is 0 Å². The zero-order valence-corrected chi connectivity index (χ0v) is 24.0. The molecule has 0 fully saturated rings. The van der Waals surface area contributed by atoms with Gasteiger partial charge in [0.25, 0.3) is 5.56 Å². The maximum absolute atomic E-state index is 13.3. The highest BCUT2D eigenvalue weighted by Gasteiger charge is 2.18. The van der Waals surface area contributed by atoms with E-state index in [0.717, 1.165) is 22.9 Å². The Hall–Kier alpha value is -2.75. The molecule has 6 nitrogen and oxygen atoms in total. The fourth-order valence-electron chi connectivity index (χ4n) is 3.65. The van der Waals surface area contributed by atoms with Crippen molar-refractivity contribution in [2.45, 2.75) is 32.8 Å². The monoisotopic (exact) mass is 649 g/mol. The van der Waals surface area contributed by atoms with Crippen LogP contribution in [-0.2, 0) is 13.0 Å². The molecule has 10 heteroatoms. The van der Waals surface area contributed by atoms with Crippen LogP contribution < -0.4 is 15.0 Å². The highest BCUT2D eigenvalue weighted by molar-refractivity contribution is 9.10. The van der Waals surface area contributed by atoms with Crippen LogP contribution in [0.1, 0.15) is 36.7 Å². The summed E-state index contributed by atoms with van der Waals surface area (Å²) in [7, 11) is 1.50. The number of nitrogens with zero attached hydrogens (tertiary/aromatic N) is 3. The van der Waals surface area contributed by atoms with E-state index in [2.05, 4.69) is 43.9 Å². The Labute approximate surface area is 235 Å². The molecule has 4 aromatic rings. The average Bonchev–Trinajstić information content (AvgIpc) is 2.90. The van der Waals surface area contributed by atoms with Crippen molar-refractivity contribution >= 4 is 60.6 Å². The first-order chi connectivity index (χ1) is 17.8. The number of unbranched alkanes of at least 4 members (excludes halogenated alkanes) is 1. The summed E-state index contributed by atoms with van der Waals surface area (Å²) >= 11 is 13.6. The lowest BCUT2D eigenvalue weighted by Gasteiger charge is -2.15. The summed E-state index contributed by atoms with van der Waals surface area (Å²) in [6.07, 6.45) is 3.96. The summed E-state index contributed by atoms with van der Waals surface area (Å²) in [5.41, 5.74) is 1.72. The molecule has 4 rings (SSSR count). The summed E-state index contributed by atoms with van der Waals surface area (Å²) in [5.74, 6) is 0.967. The topological polar surface area (TPSA) is 65.7 Å². The minimum atomic E-state index is -0.322. The van der Waals surface area contributed by atoms with Gasteiger partial charge in [-0.1, -0.05) is 53.0 Å². The largest absolute Gasteiger partial charge is 0.493 e. The third kappa shape index (κ3) is 6.22. The van der Waals surface area contributed by atoms with E-state index < -0.39 is 0 Å². The standard InChI is InChI=1S/C27H23Br2ClFN3O3/c1-3-4-5-23-33-21-11-8-18(28)13-20(21)27(35)34(23)32-14-17-12-22(36-2)26(25(30)24(17)29)37-15-16-6-9-19(31)10-7-16/h6-14H,3-5,15H2,1-2H3. The van der Waals surface area contributed by atoms with Gasteiger partial charge < -0.3 is 9.47 Å². The molecule has 0 unspecified atom stereocenters. The number of aromatic nitrogens is 2. The number of fused-ring (bicyclic) bond motifs is 1. The van der Waals surface area contributed by atoms with Crippen molar-refractivity contribution in [3.8, 4) is 11.5 Å². The number of aryl methyl sites for hydroxylation is 1. The first kappa shape index (κ1) is 27.3. The maximum atomic E-state index is 13.3. The third-order valence-corrected chi connectivity index (χ3v) is 7.55. The van der Waals surface area contributed by atoms with Crippen molar-refractivity contribution in [1.29, 1.82) is 0 Å². The van der Waals surface area contributed by atoms with Crippen LogP contribution in [0.4, 0.5) is 4.39 Å². The van der Waals surface area contributed by atoms with Gasteiger partial charge in [0.15, 0.2) is 11.5 Å². The van der Waals surface area contributed by atoms with E-state index >= 15 is 0 Å². The van der Waals surface area contributed by atoms with Gasteiger partial charge >= 0.3 is 0 Å². The van der Waals surface area contributed by atoms with Crippen molar-refractivity contribution in [2.24, 2.45) is 5.10 Å². The van der Waals surface area contributed by atoms with Gasteiger partial charge in [0, 0.05) is 20.9 Å². The van der Waals surface area contributed by atoms with E-state index in [1.54, 1.807) is 24.3 Å². The first-order valence-electron chi connectivity index (χ1n) is 11.5. The molecule has 192 valence electrons. The van der Waals surface area contributed by atoms with Gasteiger partial charge in [0.1, 0.15) is 23.3 Å². The Bertz CT molecular complexity index is 1520. The first-order valence-corrected chi connectivity index (χ1v) is 13.5. The molecule has 0 bridgehead atoms. The number of rotatable bonds is 9. The van der Waals surface area contributed by atoms with E-state index in [-0.39, 0.29) is 23.0 Å². The lowest BCUT2D eigenvalue weighted by Crippen LogP contribution is -2.22. The molecule has 0 aliphatic heterocycles. The Balaban J connectivity index is 1.71. The molecular formula is C27H23Br2ClFN3O3. The molecule has 0 amide bonds. The quantitative estimate of drug-likeness (QED) is 0.176. The minimum absolute atomic E-state index is 0.171. The molecular weight excluding hydrogens is 629 g/mol. The van der Waals surface area contributed by atoms with Gasteiger partial charge in [-0.25, -0.2) is 9.37 Å². The SMILES string of the molecule is CCCCc1nc2ccc(Br)cc2c(=O)n1N=Cc1cc(OC)c(OCc2ccc(F)cc2)c(Cl)c1Br. The zero-order valence-electron chi connectivity index (χ0n) is 20.1. The lowest BCUT2D eigenvalue weighted by molar-refractivity contribution is 0.284. The molecule has 0 N–H and O–H groups in total. The fourth-order valence-corrected chi connectivity index (χ4v) is 4.67. The van der Waals surface area contributed by atoms with E-state index in [1.807, 2.05) is 12.1 Å². The van der Waals surface area contributed by atoms with E-state index in [4.69, 9.17) is 26.1 Å². The molecule has 0 saturated carbocycles. The minimum Gasteiger partial charge on any atom is -0.493 e. The van der Waals surface area contributed by atoms with Crippen molar-refractivity contribution in [3.63, 3.8) is 0 Å². The molecule has 3 aromatic carbocycles. The van der Waals surface area contributed by atoms with Gasteiger partial charge in [-0.2, -0.15) is 9.78 Å². The van der Waals surface area contributed by atoms with Crippen LogP contribution >= 0.6 is 43.5 Å². The zero-order chi connectivity index (χ0) is 26.5. The number of benzene rings is 3. The molecule has 0 radical (unpaired) electrons. The number of hydrogen-bond donors (Lipinski definition) is 0. The Kier molecular flexibility index (Phi) is 9.00. The normalized spacial score (nSPS) is 11.4. The second-order valence-electron chi connectivity index (χ2n) is 8.19. The Morgan fingerprint density at radius 1 is 1.16 bits per heavy atom. The predicted molar refractivity (Wildman–Crippen MR) is 152 cm³/mol. The summed E-state index contributed by atoms with van der Waals surface area (Å²) in [5, 5.41) is 5.24. The van der Waals surface area contributed by atoms with Crippen LogP contribution in [0.25, 0.3) is 10.9 Å². The molecule has 1 heterocycles. The summed E-state index contributed by atoms with van der Waals surface area (Å²) < 4.78 is 27.3. The maximum Gasteiger partial charge on any atom is 0.282 e. The Morgan fingerprint density at radius 3 is 2.62 bits per heavy atom. The molecule has 0 aliphatic carbocycles. The molecule has 0 atom stereocenters. The second-order valence-corrected chi connectivity index (χ2v) is 10.3. The smallest absolute Gasteiger partial charge is 0.282 e. The molecule has 1 aromatic heterocycles. The van der Waals surface area contributed by atoms with Gasteiger partial charge in [0.05, 0.1) is 24.2 Å². The second kappa shape index (κ2) is 12.2. The summed E-state index contributed by atoms with van der Waals surface area (Å²) in [6.45, 7) is 2.25. The number of methoxy groups -OCH3 is 1. The van der Waals surface area contributed by atoms with Crippen LogP contribution in [-0.4, -0.2) is 23.0 Å². The van der Waals surface area contributed by atoms with Crippen LogP contribution in [0.15, 0.2) is 67.4 Å². The van der Waals surface area contributed by atoms with Crippen molar-refractivity contribution < 1.29 is 13.9 Å². The van der Waals surface area contributed by atoms with Crippen molar-refractivity contribution in [3.05, 3.63) is 95.6 Å². The van der Waals surface area contributed by atoms with E-state index in [0.29, 0.717) is 44.7 Å². The van der Waals surface area contributed by atoms with Gasteiger partial charge in [-0.15, -0.1) is 0 Å². The van der Waals surface area contributed by atoms with E-state index in [9.17, 15) is 9.18 Å². The highest BCUT2D eigenvalue weighted by Crippen LogP contribution is 2.42. The van der Waals surface area contributed by atoms with Crippen molar-refractivity contribution in [1.82, 2.24) is 9.66 Å². The number of hydrogen-bond acceptors (Lipinski definition) is 5. The summed E-state index contributed by atoms with van der Waals surface area (Å²) in [4.78, 5) is 18.0. The Morgan fingerprint density at radius 2 is 1.92 bits per heavy atom. The number of ether oxygens (including phenoxy) is 2. The third-order valence-electron chi connectivity index (χ3n) is 5.61. The predicted octanol–water partition coefficient (Wildman–Crippen LogP) is 7.53. The van der Waals surface area contributed by atoms with Gasteiger partial charge in [-0.3, -0.25) is 4.79 Å². The fraction of sp³-hybridized carbons (Fsp3) is 0.222. The molecule has 0 saturated heterocycles. The van der Waals surface area contributed by atoms with Crippen LogP contribution in [0.2, 0.25) is 5.02 Å².